The molecule has 0 unspecified atom stereocenters. The maximum absolute atomic E-state index is 12.8. The van der Waals surface area contributed by atoms with E-state index in [2.05, 4.69) is 54.5 Å². The Hall–Kier alpha value is -2.33. The summed E-state index contributed by atoms with van der Waals surface area (Å²) in [7, 11) is 2.17. The van der Waals surface area contributed by atoms with E-state index in [0.717, 1.165) is 49.2 Å². The van der Waals surface area contributed by atoms with E-state index in [1.165, 1.54) is 5.56 Å². The normalized spacial score (nSPS) is 21.3. The number of hydrogen-bond acceptors (Lipinski definition) is 3. The lowest BCUT2D eigenvalue weighted by molar-refractivity contribution is 0.0927. The number of piperidine rings is 1. The van der Waals surface area contributed by atoms with Crippen LogP contribution in [0, 0.1) is 0 Å². The summed E-state index contributed by atoms with van der Waals surface area (Å²) >= 11 is 0. The molecule has 0 spiro atoms. The number of rotatable bonds is 4. The van der Waals surface area contributed by atoms with Gasteiger partial charge in [0.25, 0.3) is 5.91 Å². The second-order valence-electron chi connectivity index (χ2n) is 8.09. The van der Waals surface area contributed by atoms with Gasteiger partial charge in [0.1, 0.15) is 11.9 Å². The average molecular weight is 364 g/mol. The maximum atomic E-state index is 12.8. The Labute approximate surface area is 161 Å². The van der Waals surface area contributed by atoms with Gasteiger partial charge in [0.15, 0.2) is 0 Å². The zero-order valence-electron chi connectivity index (χ0n) is 16.2. The smallest absolute Gasteiger partial charge is 0.251 e. The van der Waals surface area contributed by atoms with Gasteiger partial charge in [0.2, 0.25) is 0 Å². The van der Waals surface area contributed by atoms with Gasteiger partial charge in [-0.3, -0.25) is 4.79 Å². The van der Waals surface area contributed by atoms with Crippen LogP contribution in [0.2, 0.25) is 0 Å². The lowest BCUT2D eigenvalue weighted by Gasteiger charge is -2.41. The Morgan fingerprint density at radius 2 is 1.93 bits per heavy atom. The highest BCUT2D eigenvalue weighted by Gasteiger charge is 2.35. The quantitative estimate of drug-likeness (QED) is 0.904. The van der Waals surface area contributed by atoms with Crippen LogP contribution in [0.5, 0.6) is 5.75 Å². The summed E-state index contributed by atoms with van der Waals surface area (Å²) in [5.74, 6) is 0.918. The van der Waals surface area contributed by atoms with Crippen molar-refractivity contribution in [3.63, 3.8) is 0 Å². The predicted molar refractivity (Wildman–Crippen MR) is 107 cm³/mol. The second-order valence-corrected chi connectivity index (χ2v) is 8.09. The minimum Gasteiger partial charge on any atom is -0.490 e. The topological polar surface area (TPSA) is 41.6 Å². The molecule has 2 aromatic carbocycles. The van der Waals surface area contributed by atoms with Crippen molar-refractivity contribution < 1.29 is 9.53 Å². The highest BCUT2D eigenvalue weighted by molar-refractivity contribution is 5.94. The first-order valence-electron chi connectivity index (χ1n) is 9.88. The number of carbonyl (C=O) groups is 1. The van der Waals surface area contributed by atoms with Crippen molar-refractivity contribution >= 4 is 5.91 Å². The van der Waals surface area contributed by atoms with Crippen LogP contribution in [-0.2, 0) is 11.8 Å². The van der Waals surface area contributed by atoms with E-state index in [-0.39, 0.29) is 17.4 Å². The molecule has 2 aromatic rings. The number of ether oxygens (including phenoxy) is 1. The third-order valence-electron chi connectivity index (χ3n) is 6.08. The molecule has 4 heteroatoms. The molecule has 1 fully saturated rings. The van der Waals surface area contributed by atoms with Gasteiger partial charge in [0.05, 0.1) is 0 Å². The first-order valence-corrected chi connectivity index (χ1v) is 9.88. The number of fused-ring (bicyclic) bond motifs is 1. The van der Waals surface area contributed by atoms with Crippen LogP contribution < -0.4 is 10.1 Å². The summed E-state index contributed by atoms with van der Waals surface area (Å²) in [6.07, 6.45) is 3.18. The van der Waals surface area contributed by atoms with E-state index in [9.17, 15) is 4.79 Å². The summed E-state index contributed by atoms with van der Waals surface area (Å²) in [6, 6.07) is 16.4. The van der Waals surface area contributed by atoms with Gasteiger partial charge in [-0.25, -0.2) is 0 Å². The van der Waals surface area contributed by atoms with Crippen LogP contribution in [0.3, 0.4) is 0 Å². The number of hydrogen-bond donors (Lipinski definition) is 1. The molecule has 1 saturated heterocycles. The van der Waals surface area contributed by atoms with Crippen molar-refractivity contribution in [2.45, 2.75) is 37.7 Å². The minimum atomic E-state index is 0.00610. The number of carbonyl (C=O) groups excluding carboxylic acids is 1. The molecule has 4 nitrogen and oxygen atoms in total. The standard InChI is InChI=1S/C23H28N2O2/c1-17-14-19-15-18(8-9-21(19)27-17)22(26)24-16-23(10-12-25(2)13-11-23)20-6-4-3-5-7-20/h3-9,15,17H,10-14,16H2,1-2H3,(H,24,26)/t17-/m0/s1. The Morgan fingerprint density at radius 1 is 1.19 bits per heavy atom. The molecule has 1 atom stereocenters. The Morgan fingerprint density at radius 3 is 2.67 bits per heavy atom. The van der Waals surface area contributed by atoms with E-state index in [1.54, 1.807) is 0 Å². The van der Waals surface area contributed by atoms with Gasteiger partial charge in [-0.15, -0.1) is 0 Å². The lowest BCUT2D eigenvalue weighted by atomic mass is 9.72. The van der Waals surface area contributed by atoms with Gasteiger partial charge < -0.3 is 15.0 Å². The minimum absolute atomic E-state index is 0.00610. The Balaban J connectivity index is 1.50. The fourth-order valence-electron chi connectivity index (χ4n) is 4.32. The van der Waals surface area contributed by atoms with Gasteiger partial charge >= 0.3 is 0 Å². The number of benzene rings is 2. The van der Waals surface area contributed by atoms with Crippen molar-refractivity contribution in [3.8, 4) is 5.75 Å². The summed E-state index contributed by atoms with van der Waals surface area (Å²) in [4.78, 5) is 15.2. The van der Waals surface area contributed by atoms with Crippen LogP contribution in [0.25, 0.3) is 0 Å². The van der Waals surface area contributed by atoms with E-state index < -0.39 is 0 Å². The maximum Gasteiger partial charge on any atom is 0.251 e. The molecule has 0 aromatic heterocycles. The van der Waals surface area contributed by atoms with Crippen LogP contribution in [0.15, 0.2) is 48.5 Å². The molecular formula is C23H28N2O2. The molecule has 4 rings (SSSR count). The highest BCUT2D eigenvalue weighted by atomic mass is 16.5. The Kier molecular flexibility index (Phi) is 4.92. The summed E-state index contributed by atoms with van der Waals surface area (Å²) in [5, 5.41) is 3.23. The van der Waals surface area contributed by atoms with Crippen molar-refractivity contribution in [3.05, 3.63) is 65.2 Å². The third-order valence-corrected chi connectivity index (χ3v) is 6.08. The van der Waals surface area contributed by atoms with Gasteiger partial charge in [0, 0.05) is 23.9 Å². The molecule has 1 N–H and O–H groups in total. The molecule has 0 radical (unpaired) electrons. The second kappa shape index (κ2) is 7.35. The van der Waals surface area contributed by atoms with Crippen molar-refractivity contribution in [2.24, 2.45) is 0 Å². The van der Waals surface area contributed by atoms with E-state index in [0.29, 0.717) is 6.54 Å². The molecule has 2 aliphatic rings. The summed E-state index contributed by atoms with van der Waals surface area (Å²) in [6.45, 7) is 4.84. The predicted octanol–water partition coefficient (Wildman–Crippen LogP) is 3.40. The monoisotopic (exact) mass is 364 g/mol. The molecule has 0 aliphatic carbocycles. The molecule has 0 bridgehead atoms. The van der Waals surface area contributed by atoms with Crippen molar-refractivity contribution in [1.82, 2.24) is 10.2 Å². The first kappa shape index (κ1) is 18.1. The average Bonchev–Trinajstić information content (AvgIpc) is 3.07. The fraction of sp³-hybridized carbons (Fsp3) is 0.435. The molecule has 2 aliphatic heterocycles. The van der Waals surface area contributed by atoms with Crippen LogP contribution >= 0.6 is 0 Å². The zero-order valence-corrected chi connectivity index (χ0v) is 16.2. The molecule has 142 valence electrons. The number of amides is 1. The lowest BCUT2D eigenvalue weighted by Crippen LogP contribution is -2.48. The largest absolute Gasteiger partial charge is 0.490 e. The van der Waals surface area contributed by atoms with Crippen LogP contribution in [0.4, 0.5) is 0 Å². The van der Waals surface area contributed by atoms with Crippen molar-refractivity contribution in [2.75, 3.05) is 26.7 Å². The van der Waals surface area contributed by atoms with E-state index in [4.69, 9.17) is 4.74 Å². The van der Waals surface area contributed by atoms with Gasteiger partial charge in [-0.05, 0) is 69.2 Å². The molecule has 0 saturated carbocycles. The van der Waals surface area contributed by atoms with E-state index in [1.807, 2.05) is 18.2 Å². The fourth-order valence-corrected chi connectivity index (χ4v) is 4.32. The SMILES string of the molecule is C[C@H]1Cc2cc(C(=O)NCC3(c4ccccc4)CCN(C)CC3)ccc2O1. The molecule has 27 heavy (non-hydrogen) atoms. The summed E-state index contributed by atoms with van der Waals surface area (Å²) in [5.41, 5.74) is 3.20. The van der Waals surface area contributed by atoms with Crippen LogP contribution in [-0.4, -0.2) is 43.6 Å². The van der Waals surface area contributed by atoms with Crippen molar-refractivity contribution in [1.29, 1.82) is 0 Å². The Bertz CT molecular complexity index is 810. The highest BCUT2D eigenvalue weighted by Crippen LogP contribution is 2.35. The van der Waals surface area contributed by atoms with E-state index >= 15 is 0 Å². The van der Waals surface area contributed by atoms with Gasteiger partial charge in [-0.1, -0.05) is 30.3 Å². The summed E-state index contributed by atoms with van der Waals surface area (Å²) < 4.78 is 5.74. The number of nitrogens with zero attached hydrogens (tertiary/aromatic N) is 1. The molecule has 2 heterocycles. The first-order chi connectivity index (χ1) is 13.1. The molecular weight excluding hydrogens is 336 g/mol. The number of likely N-dealkylation sites (tertiary alicyclic amines) is 1. The van der Waals surface area contributed by atoms with Crippen LogP contribution in [0.1, 0.15) is 41.3 Å². The zero-order chi connectivity index (χ0) is 18.9. The molecule has 1 amide bonds. The van der Waals surface area contributed by atoms with Gasteiger partial charge in [-0.2, -0.15) is 0 Å². The third kappa shape index (κ3) is 3.72. The number of nitrogens with one attached hydrogen (secondary N) is 1.